The molecule has 2 heterocycles. The Bertz CT molecular complexity index is 790. The van der Waals surface area contributed by atoms with Crippen LogP contribution in [0.25, 0.3) is 17.1 Å². The van der Waals surface area contributed by atoms with Crippen molar-refractivity contribution in [2.24, 2.45) is 7.05 Å². The zero-order chi connectivity index (χ0) is 15.0. The van der Waals surface area contributed by atoms with Gasteiger partial charge >= 0.3 is 0 Å². The first kappa shape index (κ1) is 13.6. The Balaban J connectivity index is 2.17. The van der Waals surface area contributed by atoms with Crippen molar-refractivity contribution in [2.75, 3.05) is 5.73 Å². The fraction of sp³-hybridized carbons (Fsp3) is 0.231. The Kier molecular flexibility index (Phi) is 3.34. The van der Waals surface area contributed by atoms with E-state index in [1.807, 2.05) is 26.2 Å². The van der Waals surface area contributed by atoms with Gasteiger partial charge in [0.15, 0.2) is 5.82 Å². The number of halogens is 1. The van der Waals surface area contributed by atoms with Crippen LogP contribution in [0.1, 0.15) is 12.6 Å². The normalized spacial score (nSPS) is 11.0. The molecular weight excluding hydrogens is 290 g/mol. The van der Waals surface area contributed by atoms with E-state index >= 15 is 0 Å². The fourth-order valence-corrected chi connectivity index (χ4v) is 2.39. The summed E-state index contributed by atoms with van der Waals surface area (Å²) < 4.78 is 3.39. The summed E-state index contributed by atoms with van der Waals surface area (Å²) in [7, 11) is 1.86. The minimum absolute atomic E-state index is 0.528. The second kappa shape index (κ2) is 5.17. The number of anilines is 1. The van der Waals surface area contributed by atoms with Crippen LogP contribution in [0.4, 0.5) is 5.69 Å². The number of aryl methyl sites for hydroxylation is 2. The summed E-state index contributed by atoms with van der Waals surface area (Å²) in [6, 6.07) is 5.25. The number of nitrogens with two attached hydrogens (primary N) is 1. The molecule has 0 saturated carbocycles. The van der Waals surface area contributed by atoms with Gasteiger partial charge in [0.05, 0.1) is 11.9 Å². The molecule has 21 heavy (non-hydrogen) atoms. The van der Waals surface area contributed by atoms with E-state index in [1.54, 1.807) is 21.5 Å². The lowest BCUT2D eigenvalue weighted by Crippen LogP contribution is -2.03. The minimum atomic E-state index is 0.528. The minimum Gasteiger partial charge on any atom is -0.398 e. The molecule has 0 radical (unpaired) electrons. The van der Waals surface area contributed by atoms with Crippen LogP contribution in [-0.2, 0) is 13.5 Å². The van der Waals surface area contributed by atoms with Crippen molar-refractivity contribution in [1.82, 2.24) is 30.0 Å². The molecule has 0 saturated heterocycles. The van der Waals surface area contributed by atoms with Gasteiger partial charge in [0.1, 0.15) is 5.69 Å². The van der Waals surface area contributed by atoms with Crippen molar-refractivity contribution < 1.29 is 0 Å². The molecule has 0 atom stereocenters. The summed E-state index contributed by atoms with van der Waals surface area (Å²) in [5.74, 6) is 0.562. The Morgan fingerprint density at radius 1 is 1.33 bits per heavy atom. The molecular formula is C13H14ClN7. The smallest absolute Gasteiger partial charge is 0.189 e. The Hall–Kier alpha value is -2.41. The molecule has 0 spiro atoms. The number of hydrogen-bond donors (Lipinski definition) is 1. The van der Waals surface area contributed by atoms with Gasteiger partial charge in [-0.05, 0) is 35.0 Å². The molecule has 108 valence electrons. The van der Waals surface area contributed by atoms with Gasteiger partial charge in [-0.25, -0.2) is 0 Å². The number of tetrazole rings is 1. The number of rotatable bonds is 3. The first-order valence-electron chi connectivity index (χ1n) is 6.46. The SMILES string of the molecule is CCc1nn(C)cc1-n1nnnc1-c1ccc(Cl)cc1N. The average molecular weight is 304 g/mol. The van der Waals surface area contributed by atoms with Crippen molar-refractivity contribution >= 4 is 17.3 Å². The van der Waals surface area contributed by atoms with E-state index in [4.69, 9.17) is 17.3 Å². The van der Waals surface area contributed by atoms with Crippen LogP contribution in [0.5, 0.6) is 0 Å². The first-order chi connectivity index (χ1) is 10.1. The predicted molar refractivity (Wildman–Crippen MR) is 80.2 cm³/mol. The molecule has 0 fully saturated rings. The zero-order valence-electron chi connectivity index (χ0n) is 11.7. The molecule has 0 unspecified atom stereocenters. The number of nitrogen functional groups attached to an aromatic ring is 1. The highest BCUT2D eigenvalue weighted by Crippen LogP contribution is 2.28. The summed E-state index contributed by atoms with van der Waals surface area (Å²) >= 11 is 5.93. The number of hydrogen-bond acceptors (Lipinski definition) is 5. The maximum Gasteiger partial charge on any atom is 0.189 e. The second-order valence-electron chi connectivity index (χ2n) is 4.63. The largest absolute Gasteiger partial charge is 0.398 e. The van der Waals surface area contributed by atoms with Crippen molar-refractivity contribution in [3.63, 3.8) is 0 Å². The van der Waals surface area contributed by atoms with Crippen molar-refractivity contribution in [3.8, 4) is 17.1 Å². The van der Waals surface area contributed by atoms with Gasteiger partial charge in [0.25, 0.3) is 0 Å². The molecule has 0 amide bonds. The zero-order valence-corrected chi connectivity index (χ0v) is 12.4. The molecule has 3 aromatic rings. The lowest BCUT2D eigenvalue weighted by Gasteiger charge is -2.06. The Labute approximate surface area is 126 Å². The maximum atomic E-state index is 6.02. The Morgan fingerprint density at radius 2 is 2.14 bits per heavy atom. The van der Waals surface area contributed by atoms with Crippen LogP contribution in [0.15, 0.2) is 24.4 Å². The van der Waals surface area contributed by atoms with E-state index in [1.165, 1.54) is 0 Å². The Morgan fingerprint density at radius 3 is 2.86 bits per heavy atom. The van der Waals surface area contributed by atoms with Gasteiger partial charge < -0.3 is 5.73 Å². The molecule has 7 nitrogen and oxygen atoms in total. The topological polar surface area (TPSA) is 87.4 Å². The fourth-order valence-electron chi connectivity index (χ4n) is 2.21. The lowest BCUT2D eigenvalue weighted by molar-refractivity contribution is 0.746. The molecule has 8 heteroatoms. The van der Waals surface area contributed by atoms with Crippen molar-refractivity contribution in [2.45, 2.75) is 13.3 Å². The van der Waals surface area contributed by atoms with Gasteiger partial charge in [-0.15, -0.1) is 5.10 Å². The monoisotopic (exact) mass is 303 g/mol. The van der Waals surface area contributed by atoms with E-state index in [9.17, 15) is 0 Å². The van der Waals surface area contributed by atoms with Gasteiger partial charge in [-0.3, -0.25) is 4.68 Å². The molecule has 3 rings (SSSR count). The van der Waals surface area contributed by atoms with Crippen LogP contribution in [0.2, 0.25) is 5.02 Å². The lowest BCUT2D eigenvalue weighted by atomic mass is 10.1. The molecule has 0 aliphatic rings. The number of benzene rings is 1. The quantitative estimate of drug-likeness (QED) is 0.746. The number of nitrogens with zero attached hydrogens (tertiary/aromatic N) is 6. The molecule has 1 aromatic carbocycles. The predicted octanol–water partition coefficient (Wildman–Crippen LogP) is 1.86. The third kappa shape index (κ3) is 2.36. The van der Waals surface area contributed by atoms with Crippen LogP contribution < -0.4 is 5.73 Å². The molecule has 0 bridgehead atoms. The van der Waals surface area contributed by atoms with Crippen LogP contribution in [0.3, 0.4) is 0 Å². The van der Waals surface area contributed by atoms with Gasteiger partial charge in [0.2, 0.25) is 0 Å². The van der Waals surface area contributed by atoms with E-state index in [-0.39, 0.29) is 0 Å². The van der Waals surface area contributed by atoms with Gasteiger partial charge in [-0.2, -0.15) is 9.78 Å². The van der Waals surface area contributed by atoms with Crippen molar-refractivity contribution in [1.29, 1.82) is 0 Å². The van der Waals surface area contributed by atoms with E-state index in [2.05, 4.69) is 20.6 Å². The highest BCUT2D eigenvalue weighted by Gasteiger charge is 2.17. The van der Waals surface area contributed by atoms with Crippen LogP contribution in [-0.4, -0.2) is 30.0 Å². The summed E-state index contributed by atoms with van der Waals surface area (Å²) in [6.07, 6.45) is 2.66. The number of aromatic nitrogens is 6. The van der Waals surface area contributed by atoms with Crippen LogP contribution >= 0.6 is 11.6 Å². The van der Waals surface area contributed by atoms with E-state index in [0.29, 0.717) is 16.5 Å². The van der Waals surface area contributed by atoms with Gasteiger partial charge in [-0.1, -0.05) is 18.5 Å². The van der Waals surface area contributed by atoms with E-state index in [0.717, 1.165) is 23.4 Å². The summed E-state index contributed by atoms with van der Waals surface area (Å²) in [5, 5.41) is 16.9. The standard InChI is InChI=1S/C13H14ClN7/c1-3-11-12(7-20(2)17-11)21-13(16-18-19-21)9-5-4-8(14)6-10(9)15/h4-7H,3,15H2,1-2H3. The van der Waals surface area contributed by atoms with Crippen LogP contribution in [0, 0.1) is 0 Å². The molecule has 0 aliphatic heterocycles. The van der Waals surface area contributed by atoms with E-state index < -0.39 is 0 Å². The third-order valence-corrected chi connectivity index (χ3v) is 3.41. The third-order valence-electron chi connectivity index (χ3n) is 3.17. The van der Waals surface area contributed by atoms with Gasteiger partial charge in [0, 0.05) is 23.3 Å². The molecule has 2 N–H and O–H groups in total. The van der Waals surface area contributed by atoms with Crippen molar-refractivity contribution in [3.05, 3.63) is 35.1 Å². The highest BCUT2D eigenvalue weighted by molar-refractivity contribution is 6.31. The molecule has 0 aliphatic carbocycles. The first-order valence-corrected chi connectivity index (χ1v) is 6.84. The highest BCUT2D eigenvalue weighted by atomic mass is 35.5. The maximum absolute atomic E-state index is 6.02. The molecule has 2 aromatic heterocycles. The summed E-state index contributed by atoms with van der Waals surface area (Å²) in [4.78, 5) is 0. The second-order valence-corrected chi connectivity index (χ2v) is 5.07. The summed E-state index contributed by atoms with van der Waals surface area (Å²) in [5.41, 5.74) is 9.04. The average Bonchev–Trinajstić information content (AvgIpc) is 3.04. The summed E-state index contributed by atoms with van der Waals surface area (Å²) in [6.45, 7) is 2.03.